The van der Waals surface area contributed by atoms with Gasteiger partial charge in [0.25, 0.3) is 0 Å². The second-order valence-corrected chi connectivity index (χ2v) is 8.65. The molecule has 0 saturated carbocycles. The predicted molar refractivity (Wildman–Crippen MR) is 126 cm³/mol. The molecular weight excluding hydrogens is 420 g/mol. The third-order valence-corrected chi connectivity index (χ3v) is 5.84. The molecule has 0 aliphatic heterocycles. The maximum atomic E-state index is 4.62. The number of aromatic amines is 1. The molecule has 5 aromatic rings. The number of H-pyrrole nitrogens is 1. The molecule has 0 amide bonds. The van der Waals surface area contributed by atoms with Crippen LogP contribution in [0.25, 0.3) is 44.2 Å². The van der Waals surface area contributed by atoms with Gasteiger partial charge in [-0.05, 0) is 89.8 Å². The number of nitrogens with one attached hydrogen (secondary N) is 1. The third-order valence-electron chi connectivity index (χ3n) is 5.44. The SMILES string of the molecule is Cc1cc(Br)nc(-c2ccc(-c3cc(C)cc4c3[nH]c3ccc(C)cc34)cc2)c1. The van der Waals surface area contributed by atoms with Crippen molar-refractivity contribution < 1.29 is 0 Å². The van der Waals surface area contributed by atoms with Gasteiger partial charge in [0.05, 0.1) is 11.2 Å². The van der Waals surface area contributed by atoms with Gasteiger partial charge in [0.1, 0.15) is 4.60 Å². The molecule has 0 aliphatic carbocycles. The van der Waals surface area contributed by atoms with Gasteiger partial charge in [-0.15, -0.1) is 0 Å². The Balaban J connectivity index is 1.66. The van der Waals surface area contributed by atoms with Crippen molar-refractivity contribution in [2.75, 3.05) is 0 Å². The number of benzene rings is 3. The van der Waals surface area contributed by atoms with Crippen molar-refractivity contribution in [3.63, 3.8) is 0 Å². The van der Waals surface area contributed by atoms with E-state index in [1.54, 1.807) is 0 Å². The van der Waals surface area contributed by atoms with E-state index in [0.29, 0.717) is 0 Å². The first-order valence-electron chi connectivity index (χ1n) is 9.75. The number of aryl methyl sites for hydroxylation is 3. The number of aromatic nitrogens is 2. The fourth-order valence-corrected chi connectivity index (χ4v) is 4.63. The van der Waals surface area contributed by atoms with E-state index in [9.17, 15) is 0 Å². The summed E-state index contributed by atoms with van der Waals surface area (Å²) >= 11 is 3.50. The Morgan fingerprint density at radius 1 is 0.690 bits per heavy atom. The van der Waals surface area contributed by atoms with Crippen LogP contribution in [0.3, 0.4) is 0 Å². The second-order valence-electron chi connectivity index (χ2n) is 7.84. The molecule has 29 heavy (non-hydrogen) atoms. The van der Waals surface area contributed by atoms with Crippen LogP contribution in [0, 0.1) is 20.8 Å². The lowest BCUT2D eigenvalue weighted by Gasteiger charge is -2.08. The molecule has 2 nitrogen and oxygen atoms in total. The van der Waals surface area contributed by atoms with Crippen LogP contribution in [-0.2, 0) is 0 Å². The monoisotopic (exact) mass is 440 g/mol. The number of halogens is 1. The van der Waals surface area contributed by atoms with Gasteiger partial charge >= 0.3 is 0 Å². The fraction of sp³-hybridized carbons (Fsp3) is 0.115. The van der Waals surface area contributed by atoms with E-state index in [0.717, 1.165) is 15.9 Å². The van der Waals surface area contributed by atoms with Crippen LogP contribution in [-0.4, -0.2) is 9.97 Å². The van der Waals surface area contributed by atoms with E-state index in [4.69, 9.17) is 0 Å². The van der Waals surface area contributed by atoms with E-state index >= 15 is 0 Å². The minimum absolute atomic E-state index is 0.866. The summed E-state index contributed by atoms with van der Waals surface area (Å²) < 4.78 is 0.866. The van der Waals surface area contributed by atoms with Gasteiger partial charge in [0, 0.05) is 27.4 Å². The number of hydrogen-bond donors (Lipinski definition) is 1. The van der Waals surface area contributed by atoms with E-state index in [1.807, 2.05) is 6.07 Å². The van der Waals surface area contributed by atoms with Crippen molar-refractivity contribution in [3.8, 4) is 22.4 Å². The minimum Gasteiger partial charge on any atom is -0.354 e. The van der Waals surface area contributed by atoms with Gasteiger partial charge in [0.15, 0.2) is 0 Å². The number of rotatable bonds is 2. The Hall–Kier alpha value is -2.91. The zero-order chi connectivity index (χ0) is 20.1. The van der Waals surface area contributed by atoms with Crippen molar-refractivity contribution in [1.82, 2.24) is 9.97 Å². The van der Waals surface area contributed by atoms with Crippen molar-refractivity contribution >= 4 is 37.7 Å². The average Bonchev–Trinajstić information content (AvgIpc) is 3.04. The Labute approximate surface area is 178 Å². The normalized spacial score (nSPS) is 11.4. The molecule has 3 aromatic carbocycles. The lowest BCUT2D eigenvalue weighted by Crippen LogP contribution is -1.88. The molecular formula is C26H21BrN2. The molecule has 2 aromatic heterocycles. The molecule has 0 saturated heterocycles. The van der Waals surface area contributed by atoms with Gasteiger partial charge in [-0.3, -0.25) is 0 Å². The largest absolute Gasteiger partial charge is 0.354 e. The highest BCUT2D eigenvalue weighted by Gasteiger charge is 2.12. The molecule has 0 aliphatic rings. The predicted octanol–water partition coefficient (Wildman–Crippen LogP) is 7.74. The third kappa shape index (κ3) is 3.26. The summed E-state index contributed by atoms with van der Waals surface area (Å²) in [6.07, 6.45) is 0. The summed E-state index contributed by atoms with van der Waals surface area (Å²) in [5, 5.41) is 2.57. The van der Waals surface area contributed by atoms with Gasteiger partial charge in [-0.2, -0.15) is 0 Å². The van der Waals surface area contributed by atoms with Crippen LogP contribution in [0.15, 0.2) is 71.3 Å². The quantitative estimate of drug-likeness (QED) is 0.279. The smallest absolute Gasteiger partial charge is 0.107 e. The standard InChI is InChI=1S/C26H21BrN2/c1-15-4-9-23-21(10-15)22-12-16(2)11-20(26(22)29-23)18-5-7-19(8-6-18)24-13-17(3)14-25(27)28-24/h4-14,29H,1-3H3. The molecule has 3 heteroatoms. The Morgan fingerprint density at radius 2 is 1.38 bits per heavy atom. The topological polar surface area (TPSA) is 28.7 Å². The minimum atomic E-state index is 0.866. The lowest BCUT2D eigenvalue weighted by atomic mass is 9.97. The zero-order valence-electron chi connectivity index (χ0n) is 16.7. The van der Waals surface area contributed by atoms with Crippen LogP contribution in [0.2, 0.25) is 0 Å². The summed E-state index contributed by atoms with van der Waals surface area (Å²) in [7, 11) is 0. The molecule has 0 unspecified atom stereocenters. The molecule has 0 bridgehead atoms. The Bertz CT molecular complexity index is 1360. The molecule has 0 radical (unpaired) electrons. The van der Waals surface area contributed by atoms with Crippen molar-refractivity contribution in [2.24, 2.45) is 0 Å². The van der Waals surface area contributed by atoms with E-state index in [-0.39, 0.29) is 0 Å². The summed E-state index contributed by atoms with van der Waals surface area (Å²) in [6.45, 7) is 6.40. The van der Waals surface area contributed by atoms with E-state index < -0.39 is 0 Å². The van der Waals surface area contributed by atoms with Crippen LogP contribution in [0.1, 0.15) is 16.7 Å². The molecule has 0 atom stereocenters. The average molecular weight is 441 g/mol. The first-order chi connectivity index (χ1) is 14.0. The van der Waals surface area contributed by atoms with E-state index in [2.05, 4.69) is 107 Å². The summed E-state index contributed by atoms with van der Waals surface area (Å²) in [5.41, 5.74) is 10.7. The maximum Gasteiger partial charge on any atom is 0.107 e. The molecule has 2 heterocycles. The zero-order valence-corrected chi connectivity index (χ0v) is 18.3. The summed E-state index contributed by atoms with van der Waals surface area (Å²) in [4.78, 5) is 8.26. The first-order valence-corrected chi connectivity index (χ1v) is 10.5. The maximum absolute atomic E-state index is 4.62. The molecule has 1 N–H and O–H groups in total. The van der Waals surface area contributed by atoms with Crippen LogP contribution < -0.4 is 0 Å². The number of pyridine rings is 1. The molecule has 142 valence electrons. The van der Waals surface area contributed by atoms with Crippen LogP contribution in [0.5, 0.6) is 0 Å². The molecule has 0 fully saturated rings. The van der Waals surface area contributed by atoms with Gasteiger partial charge in [0.2, 0.25) is 0 Å². The summed E-state index contributed by atoms with van der Waals surface area (Å²) in [6, 6.07) is 24.0. The van der Waals surface area contributed by atoms with Crippen LogP contribution >= 0.6 is 15.9 Å². The van der Waals surface area contributed by atoms with Crippen molar-refractivity contribution in [2.45, 2.75) is 20.8 Å². The van der Waals surface area contributed by atoms with Gasteiger partial charge < -0.3 is 4.98 Å². The van der Waals surface area contributed by atoms with Gasteiger partial charge in [-0.1, -0.05) is 35.9 Å². The van der Waals surface area contributed by atoms with Crippen molar-refractivity contribution in [1.29, 1.82) is 0 Å². The first kappa shape index (κ1) is 18.1. The van der Waals surface area contributed by atoms with Gasteiger partial charge in [-0.25, -0.2) is 4.98 Å². The number of fused-ring (bicyclic) bond motifs is 3. The lowest BCUT2D eigenvalue weighted by molar-refractivity contribution is 1.24. The van der Waals surface area contributed by atoms with Crippen LogP contribution in [0.4, 0.5) is 0 Å². The van der Waals surface area contributed by atoms with E-state index in [1.165, 1.54) is 49.6 Å². The Morgan fingerprint density at radius 3 is 2.14 bits per heavy atom. The number of hydrogen-bond acceptors (Lipinski definition) is 1. The highest BCUT2D eigenvalue weighted by molar-refractivity contribution is 9.10. The molecule has 0 spiro atoms. The molecule has 5 rings (SSSR count). The van der Waals surface area contributed by atoms with Crippen molar-refractivity contribution in [3.05, 3.63) is 88.0 Å². The fourth-order valence-electron chi connectivity index (χ4n) is 4.08. The highest BCUT2D eigenvalue weighted by atomic mass is 79.9. The summed E-state index contributed by atoms with van der Waals surface area (Å²) in [5.74, 6) is 0. The second kappa shape index (κ2) is 6.85. The number of nitrogens with zero attached hydrogens (tertiary/aromatic N) is 1. The Kier molecular flexibility index (Phi) is 4.29. The highest BCUT2D eigenvalue weighted by Crippen LogP contribution is 2.35.